The zero-order valence-corrected chi connectivity index (χ0v) is 11.6. The summed E-state index contributed by atoms with van der Waals surface area (Å²) >= 11 is 0. The maximum absolute atomic E-state index is 12.5. The van der Waals surface area contributed by atoms with Crippen LogP contribution in [0.3, 0.4) is 0 Å². The number of aromatic nitrogens is 2. The van der Waals surface area contributed by atoms with Crippen LogP contribution in [0.15, 0.2) is 27.7 Å². The predicted octanol–water partition coefficient (Wildman–Crippen LogP) is 1.69. The van der Waals surface area contributed by atoms with Crippen molar-refractivity contribution < 1.29 is 13.0 Å². The van der Waals surface area contributed by atoms with Crippen molar-refractivity contribution >= 4 is 21.1 Å². The van der Waals surface area contributed by atoms with Crippen molar-refractivity contribution in [3.63, 3.8) is 0 Å². The fraction of sp³-hybridized carbons (Fsp3) is 0.538. The summed E-state index contributed by atoms with van der Waals surface area (Å²) in [4.78, 5) is 0.153. The number of fused-ring (bicyclic) bond motifs is 2. The van der Waals surface area contributed by atoms with Gasteiger partial charge in [0, 0.05) is 6.04 Å². The molecule has 0 spiro atoms. The van der Waals surface area contributed by atoms with Crippen molar-refractivity contribution in [1.29, 1.82) is 0 Å². The van der Waals surface area contributed by atoms with E-state index in [2.05, 4.69) is 19.7 Å². The van der Waals surface area contributed by atoms with Crippen LogP contribution in [0.25, 0.3) is 11.0 Å². The van der Waals surface area contributed by atoms with E-state index in [1.54, 1.807) is 18.2 Å². The second kappa shape index (κ2) is 4.26. The van der Waals surface area contributed by atoms with Crippen molar-refractivity contribution in [3.05, 3.63) is 18.2 Å². The minimum atomic E-state index is -3.56. The molecule has 106 valence electrons. The lowest BCUT2D eigenvalue weighted by atomic mass is 10.0. The lowest BCUT2D eigenvalue weighted by Gasteiger charge is -2.06. The standard InChI is InChI=1S/C13H15N3O3S/c17-20(18,16-12-8-4-1-2-5-9(8)12)11-7-3-6-10-13(11)15-19-14-10/h3,6-9,12,16H,1-2,4-5H2. The maximum atomic E-state index is 12.5. The Bertz CT molecular complexity index is 743. The zero-order chi connectivity index (χ0) is 13.7. The molecule has 1 aromatic carbocycles. The molecule has 2 aliphatic carbocycles. The number of rotatable bonds is 3. The van der Waals surface area contributed by atoms with Gasteiger partial charge in [-0.15, -0.1) is 0 Å². The monoisotopic (exact) mass is 293 g/mol. The number of nitrogens with zero attached hydrogens (tertiary/aromatic N) is 2. The molecule has 0 amide bonds. The SMILES string of the molecule is O=S(=O)(NC1C2CCCCC21)c1cccc2nonc12. The van der Waals surface area contributed by atoms with E-state index in [0.29, 0.717) is 22.9 Å². The Kier molecular flexibility index (Phi) is 2.62. The van der Waals surface area contributed by atoms with Gasteiger partial charge >= 0.3 is 0 Å². The molecule has 1 heterocycles. The van der Waals surface area contributed by atoms with Crippen LogP contribution in [-0.2, 0) is 10.0 Å². The van der Waals surface area contributed by atoms with Gasteiger partial charge in [-0.3, -0.25) is 0 Å². The first-order chi connectivity index (χ1) is 9.67. The third-order valence-electron chi connectivity index (χ3n) is 4.49. The highest BCUT2D eigenvalue weighted by Crippen LogP contribution is 2.50. The summed E-state index contributed by atoms with van der Waals surface area (Å²) in [7, 11) is -3.56. The lowest BCUT2D eigenvalue weighted by Crippen LogP contribution is -2.28. The van der Waals surface area contributed by atoms with E-state index in [-0.39, 0.29) is 10.9 Å². The van der Waals surface area contributed by atoms with Crippen LogP contribution in [0.5, 0.6) is 0 Å². The Morgan fingerprint density at radius 1 is 1.15 bits per heavy atom. The molecule has 1 N–H and O–H groups in total. The van der Waals surface area contributed by atoms with Gasteiger partial charge in [0.15, 0.2) is 5.52 Å². The molecule has 2 saturated carbocycles. The molecular weight excluding hydrogens is 278 g/mol. The van der Waals surface area contributed by atoms with Crippen molar-refractivity contribution in [1.82, 2.24) is 15.0 Å². The molecule has 0 radical (unpaired) electrons. The molecule has 7 heteroatoms. The highest BCUT2D eigenvalue weighted by molar-refractivity contribution is 7.89. The van der Waals surface area contributed by atoms with Crippen molar-refractivity contribution in [3.8, 4) is 0 Å². The Morgan fingerprint density at radius 2 is 1.90 bits per heavy atom. The van der Waals surface area contributed by atoms with Crippen LogP contribution in [0.4, 0.5) is 0 Å². The Labute approximate surface area is 116 Å². The second-order valence-corrected chi connectivity index (χ2v) is 7.33. The van der Waals surface area contributed by atoms with Gasteiger partial charge in [0.25, 0.3) is 0 Å². The number of benzene rings is 1. The molecule has 20 heavy (non-hydrogen) atoms. The van der Waals surface area contributed by atoms with E-state index in [9.17, 15) is 8.42 Å². The molecular formula is C13H15N3O3S. The molecule has 2 atom stereocenters. The average Bonchev–Trinajstić information content (AvgIpc) is 2.92. The van der Waals surface area contributed by atoms with Gasteiger partial charge in [-0.1, -0.05) is 18.9 Å². The summed E-state index contributed by atoms with van der Waals surface area (Å²) in [5, 5.41) is 7.38. The summed E-state index contributed by atoms with van der Waals surface area (Å²) in [6.07, 6.45) is 4.69. The van der Waals surface area contributed by atoms with Crippen LogP contribution >= 0.6 is 0 Å². The molecule has 0 saturated heterocycles. The topological polar surface area (TPSA) is 85.1 Å². The molecule has 0 aliphatic heterocycles. The van der Waals surface area contributed by atoms with E-state index in [1.807, 2.05) is 0 Å². The van der Waals surface area contributed by atoms with Crippen LogP contribution in [-0.4, -0.2) is 24.8 Å². The first-order valence-electron chi connectivity index (χ1n) is 6.90. The predicted molar refractivity (Wildman–Crippen MR) is 71.4 cm³/mol. The Hall–Kier alpha value is -1.47. The summed E-state index contributed by atoms with van der Waals surface area (Å²) in [5.74, 6) is 1.04. The van der Waals surface area contributed by atoms with E-state index < -0.39 is 10.0 Å². The van der Waals surface area contributed by atoms with Crippen molar-refractivity contribution in [2.45, 2.75) is 36.6 Å². The minimum absolute atomic E-state index is 0.0950. The quantitative estimate of drug-likeness (QED) is 0.930. The van der Waals surface area contributed by atoms with Crippen LogP contribution in [0.2, 0.25) is 0 Å². The summed E-state index contributed by atoms with van der Waals surface area (Å²) in [6, 6.07) is 4.97. The van der Waals surface area contributed by atoms with Gasteiger partial charge in [0.05, 0.1) is 0 Å². The van der Waals surface area contributed by atoms with Gasteiger partial charge in [0.1, 0.15) is 10.4 Å². The first kappa shape index (κ1) is 12.3. The molecule has 2 unspecified atom stereocenters. The van der Waals surface area contributed by atoms with Crippen molar-refractivity contribution in [2.75, 3.05) is 0 Å². The average molecular weight is 293 g/mol. The number of nitrogens with one attached hydrogen (secondary N) is 1. The molecule has 1 aromatic heterocycles. The number of hydrogen-bond donors (Lipinski definition) is 1. The van der Waals surface area contributed by atoms with Gasteiger partial charge in [-0.25, -0.2) is 17.8 Å². The zero-order valence-electron chi connectivity index (χ0n) is 10.8. The number of sulfonamides is 1. The van der Waals surface area contributed by atoms with Gasteiger partial charge in [-0.2, -0.15) is 0 Å². The minimum Gasteiger partial charge on any atom is -0.243 e. The van der Waals surface area contributed by atoms with Gasteiger partial charge < -0.3 is 0 Å². The largest absolute Gasteiger partial charge is 0.243 e. The number of hydrogen-bond acceptors (Lipinski definition) is 5. The first-order valence-corrected chi connectivity index (χ1v) is 8.39. The smallest absolute Gasteiger partial charge is 0.243 e. The molecule has 4 rings (SSSR count). The van der Waals surface area contributed by atoms with E-state index in [1.165, 1.54) is 12.8 Å². The Morgan fingerprint density at radius 3 is 2.65 bits per heavy atom. The van der Waals surface area contributed by atoms with Gasteiger partial charge in [0.2, 0.25) is 10.0 Å². The van der Waals surface area contributed by atoms with Crippen LogP contribution < -0.4 is 4.72 Å². The third-order valence-corrected chi connectivity index (χ3v) is 5.98. The maximum Gasteiger partial charge on any atom is 0.243 e. The molecule has 2 fully saturated rings. The normalized spacial score (nSPS) is 29.3. The van der Waals surface area contributed by atoms with E-state index in [4.69, 9.17) is 0 Å². The van der Waals surface area contributed by atoms with Gasteiger partial charge in [-0.05, 0) is 47.1 Å². The van der Waals surface area contributed by atoms with Crippen LogP contribution in [0, 0.1) is 11.8 Å². The molecule has 0 bridgehead atoms. The highest BCUT2D eigenvalue weighted by atomic mass is 32.2. The van der Waals surface area contributed by atoms with E-state index in [0.717, 1.165) is 12.8 Å². The second-order valence-electron chi connectivity index (χ2n) is 5.65. The van der Waals surface area contributed by atoms with E-state index >= 15 is 0 Å². The molecule has 6 nitrogen and oxygen atoms in total. The Balaban J connectivity index is 1.65. The fourth-order valence-corrected chi connectivity index (χ4v) is 4.90. The summed E-state index contributed by atoms with van der Waals surface area (Å²) in [5.41, 5.74) is 0.754. The van der Waals surface area contributed by atoms with Crippen molar-refractivity contribution in [2.24, 2.45) is 11.8 Å². The fourth-order valence-electron chi connectivity index (χ4n) is 3.41. The summed E-state index contributed by atoms with van der Waals surface area (Å²) < 4.78 is 32.5. The third kappa shape index (κ3) is 1.84. The lowest BCUT2D eigenvalue weighted by molar-refractivity contribution is 0.315. The molecule has 2 aromatic rings. The highest BCUT2D eigenvalue weighted by Gasteiger charge is 2.52. The molecule has 2 aliphatic rings. The van der Waals surface area contributed by atoms with Crippen LogP contribution in [0.1, 0.15) is 25.7 Å². The summed E-state index contributed by atoms with van der Waals surface area (Å²) in [6.45, 7) is 0.